The summed E-state index contributed by atoms with van der Waals surface area (Å²) in [6, 6.07) is 0. The number of nitrogens with zero attached hydrogens (tertiary/aromatic N) is 3. The highest BCUT2D eigenvalue weighted by atomic mass is 16.5. The van der Waals surface area contributed by atoms with E-state index in [0.29, 0.717) is 12.5 Å². The Morgan fingerprint density at radius 1 is 1.47 bits per heavy atom. The van der Waals surface area contributed by atoms with Crippen LogP contribution in [-0.2, 0) is 6.54 Å². The molecule has 1 saturated carbocycles. The van der Waals surface area contributed by atoms with Crippen molar-refractivity contribution in [1.29, 1.82) is 0 Å². The molecule has 0 amide bonds. The molecule has 0 spiro atoms. The fraction of sp³-hybridized carbons (Fsp3) is 0.833. The Morgan fingerprint density at radius 3 is 2.76 bits per heavy atom. The molecule has 0 bridgehead atoms. The lowest BCUT2D eigenvalue weighted by Gasteiger charge is -2.28. The first-order valence-electron chi connectivity index (χ1n) is 6.21. The molecule has 1 aromatic heterocycles. The third-order valence-corrected chi connectivity index (χ3v) is 3.07. The lowest BCUT2D eigenvalue weighted by molar-refractivity contribution is 0.204. The van der Waals surface area contributed by atoms with E-state index in [2.05, 4.69) is 35.9 Å². The molecule has 0 unspecified atom stereocenters. The number of aromatic nitrogens is 2. The fourth-order valence-corrected chi connectivity index (χ4v) is 1.92. The number of nitrogens with two attached hydrogens (primary N) is 1. The Kier molecular flexibility index (Phi) is 3.49. The highest BCUT2D eigenvalue weighted by Crippen LogP contribution is 2.38. The minimum absolute atomic E-state index is 0.123. The van der Waals surface area contributed by atoms with Crippen molar-refractivity contribution >= 4 is 0 Å². The van der Waals surface area contributed by atoms with Gasteiger partial charge in [-0.25, -0.2) is 0 Å². The van der Waals surface area contributed by atoms with Crippen LogP contribution in [-0.4, -0.2) is 35.2 Å². The van der Waals surface area contributed by atoms with Crippen LogP contribution in [0.4, 0.5) is 0 Å². The molecule has 0 saturated heterocycles. The Balaban J connectivity index is 1.86. The van der Waals surface area contributed by atoms with Gasteiger partial charge in [-0.2, -0.15) is 4.98 Å². The maximum Gasteiger partial charge on any atom is 0.229 e. The van der Waals surface area contributed by atoms with Gasteiger partial charge in [0.25, 0.3) is 0 Å². The van der Waals surface area contributed by atoms with Gasteiger partial charge in [0.1, 0.15) is 0 Å². The molecule has 5 nitrogen and oxygen atoms in total. The average Bonchev–Trinajstić information content (AvgIpc) is 3.00. The van der Waals surface area contributed by atoms with Crippen LogP contribution < -0.4 is 5.73 Å². The second-order valence-corrected chi connectivity index (χ2v) is 5.86. The van der Waals surface area contributed by atoms with Crippen molar-refractivity contribution in [2.75, 3.05) is 20.1 Å². The van der Waals surface area contributed by atoms with Crippen LogP contribution in [0.25, 0.3) is 0 Å². The molecular weight excluding hydrogens is 216 g/mol. The van der Waals surface area contributed by atoms with E-state index in [4.69, 9.17) is 10.3 Å². The fourth-order valence-electron chi connectivity index (χ4n) is 1.92. The van der Waals surface area contributed by atoms with E-state index in [-0.39, 0.29) is 5.41 Å². The first-order chi connectivity index (χ1) is 8.00. The van der Waals surface area contributed by atoms with Crippen molar-refractivity contribution in [3.63, 3.8) is 0 Å². The molecule has 5 heteroatoms. The molecule has 17 heavy (non-hydrogen) atoms. The van der Waals surface area contributed by atoms with Crippen molar-refractivity contribution in [2.45, 2.75) is 39.2 Å². The molecule has 1 fully saturated rings. The minimum Gasteiger partial charge on any atom is -0.339 e. The normalized spacial score (nSPS) is 16.8. The Morgan fingerprint density at radius 2 is 2.18 bits per heavy atom. The maximum atomic E-state index is 5.72. The maximum absolute atomic E-state index is 5.72. The van der Waals surface area contributed by atoms with E-state index < -0.39 is 0 Å². The molecule has 0 aromatic carbocycles. The standard InChI is InChI=1S/C12H22N4O/c1-12(2,7-13)8-16(3)6-10-14-11(17-15-10)9-4-5-9/h9H,4-8,13H2,1-3H3. The summed E-state index contributed by atoms with van der Waals surface area (Å²) in [6.07, 6.45) is 2.38. The van der Waals surface area contributed by atoms with Crippen molar-refractivity contribution < 1.29 is 4.52 Å². The molecule has 2 rings (SSSR count). The van der Waals surface area contributed by atoms with Gasteiger partial charge in [0.05, 0.1) is 6.54 Å². The quantitative estimate of drug-likeness (QED) is 0.810. The van der Waals surface area contributed by atoms with Gasteiger partial charge in [-0.15, -0.1) is 0 Å². The van der Waals surface area contributed by atoms with E-state index >= 15 is 0 Å². The summed E-state index contributed by atoms with van der Waals surface area (Å²) in [5, 5.41) is 4.01. The molecule has 1 aromatic rings. The van der Waals surface area contributed by atoms with E-state index in [1.54, 1.807) is 0 Å². The van der Waals surface area contributed by atoms with Crippen LogP contribution in [0.5, 0.6) is 0 Å². The van der Waals surface area contributed by atoms with Gasteiger partial charge in [-0.3, -0.25) is 4.90 Å². The van der Waals surface area contributed by atoms with E-state index in [1.165, 1.54) is 12.8 Å². The summed E-state index contributed by atoms with van der Waals surface area (Å²) in [6.45, 7) is 6.65. The zero-order chi connectivity index (χ0) is 12.5. The molecule has 1 aliphatic carbocycles. The SMILES string of the molecule is CN(Cc1noc(C2CC2)n1)CC(C)(C)CN. The summed E-state index contributed by atoms with van der Waals surface area (Å²) in [7, 11) is 2.06. The van der Waals surface area contributed by atoms with E-state index in [9.17, 15) is 0 Å². The van der Waals surface area contributed by atoms with Crippen molar-refractivity contribution in [3.05, 3.63) is 11.7 Å². The zero-order valence-corrected chi connectivity index (χ0v) is 10.9. The van der Waals surface area contributed by atoms with Crippen LogP contribution >= 0.6 is 0 Å². The summed E-state index contributed by atoms with van der Waals surface area (Å²) in [4.78, 5) is 6.61. The number of rotatable bonds is 6. The van der Waals surface area contributed by atoms with Gasteiger partial charge in [-0.1, -0.05) is 19.0 Å². The Hall–Kier alpha value is -0.940. The van der Waals surface area contributed by atoms with Gasteiger partial charge in [0.2, 0.25) is 5.89 Å². The first kappa shape index (κ1) is 12.5. The van der Waals surface area contributed by atoms with Gasteiger partial charge in [0, 0.05) is 12.5 Å². The summed E-state index contributed by atoms with van der Waals surface area (Å²) in [5.74, 6) is 2.12. The van der Waals surface area contributed by atoms with Gasteiger partial charge >= 0.3 is 0 Å². The van der Waals surface area contributed by atoms with Crippen LogP contribution in [0.3, 0.4) is 0 Å². The lowest BCUT2D eigenvalue weighted by atomic mass is 9.93. The smallest absolute Gasteiger partial charge is 0.229 e. The first-order valence-corrected chi connectivity index (χ1v) is 6.21. The van der Waals surface area contributed by atoms with Gasteiger partial charge in [0.15, 0.2) is 5.82 Å². The van der Waals surface area contributed by atoms with Crippen LogP contribution in [0, 0.1) is 5.41 Å². The zero-order valence-electron chi connectivity index (χ0n) is 10.9. The molecule has 1 aliphatic rings. The monoisotopic (exact) mass is 238 g/mol. The predicted molar refractivity (Wildman–Crippen MR) is 65.4 cm³/mol. The highest BCUT2D eigenvalue weighted by Gasteiger charge is 2.29. The topological polar surface area (TPSA) is 68.2 Å². The molecule has 0 radical (unpaired) electrons. The molecule has 0 aliphatic heterocycles. The van der Waals surface area contributed by atoms with E-state index in [0.717, 1.165) is 24.8 Å². The second kappa shape index (κ2) is 4.74. The average molecular weight is 238 g/mol. The molecular formula is C12H22N4O. The third-order valence-electron chi connectivity index (χ3n) is 3.07. The molecule has 1 heterocycles. The summed E-state index contributed by atoms with van der Waals surface area (Å²) >= 11 is 0. The molecule has 2 N–H and O–H groups in total. The van der Waals surface area contributed by atoms with Crippen molar-refractivity contribution in [2.24, 2.45) is 11.1 Å². The number of hydrogen-bond donors (Lipinski definition) is 1. The molecule has 96 valence electrons. The molecule has 0 atom stereocenters. The van der Waals surface area contributed by atoms with Crippen LogP contribution in [0.1, 0.15) is 44.3 Å². The third kappa shape index (κ3) is 3.51. The summed E-state index contributed by atoms with van der Waals surface area (Å²) in [5.41, 5.74) is 5.85. The Labute approximate surface area is 102 Å². The van der Waals surface area contributed by atoms with Crippen LogP contribution in [0.2, 0.25) is 0 Å². The summed E-state index contributed by atoms with van der Waals surface area (Å²) < 4.78 is 5.23. The van der Waals surface area contributed by atoms with Crippen molar-refractivity contribution in [1.82, 2.24) is 15.0 Å². The number of hydrogen-bond acceptors (Lipinski definition) is 5. The van der Waals surface area contributed by atoms with E-state index in [1.807, 2.05) is 0 Å². The largest absolute Gasteiger partial charge is 0.339 e. The van der Waals surface area contributed by atoms with Gasteiger partial charge in [-0.05, 0) is 31.8 Å². The highest BCUT2D eigenvalue weighted by molar-refractivity contribution is 5.01. The van der Waals surface area contributed by atoms with Crippen LogP contribution in [0.15, 0.2) is 4.52 Å². The lowest BCUT2D eigenvalue weighted by Crippen LogP contribution is -2.36. The second-order valence-electron chi connectivity index (χ2n) is 5.86. The minimum atomic E-state index is 0.123. The van der Waals surface area contributed by atoms with Crippen molar-refractivity contribution in [3.8, 4) is 0 Å². The van der Waals surface area contributed by atoms with Gasteiger partial charge < -0.3 is 10.3 Å². The predicted octanol–water partition coefficient (Wildman–Crippen LogP) is 1.36. The Bertz CT molecular complexity index is 370.